The molecule has 1 atom stereocenters. The van der Waals surface area contributed by atoms with E-state index in [-0.39, 0.29) is 17.2 Å². The minimum atomic E-state index is -3.71. The fourth-order valence-electron chi connectivity index (χ4n) is 2.42. The number of phenolic OH excluding ortho intramolecular Hbond substituents is 1. The molecule has 2 N–H and O–H groups in total. The molecule has 2 aromatic rings. The molecule has 0 aliphatic rings. The van der Waals surface area contributed by atoms with Gasteiger partial charge in [-0.2, -0.15) is 4.62 Å². The number of hydrogen-bond acceptors (Lipinski definition) is 7. The van der Waals surface area contributed by atoms with Gasteiger partial charge in [0.15, 0.2) is 11.5 Å². The third-order valence-corrected chi connectivity index (χ3v) is 5.77. The topological polar surface area (TPSA) is 89.9 Å². The fourth-order valence-corrected chi connectivity index (χ4v) is 4.09. The number of phenols is 1. The van der Waals surface area contributed by atoms with Gasteiger partial charge in [-0.15, -0.1) is 0 Å². The summed E-state index contributed by atoms with van der Waals surface area (Å²) in [7, 11) is -2.28. The van der Waals surface area contributed by atoms with E-state index in [4.69, 9.17) is 13.9 Å². The molecule has 0 saturated heterocycles. The van der Waals surface area contributed by atoms with E-state index in [1.165, 1.54) is 13.2 Å². The van der Waals surface area contributed by atoms with Gasteiger partial charge in [0, 0.05) is 12.3 Å². The number of pyridine rings is 1. The van der Waals surface area contributed by atoms with Gasteiger partial charge in [-0.05, 0) is 43.5 Å². The lowest BCUT2D eigenvalue weighted by molar-refractivity contribution is 0.321. The Morgan fingerprint density at radius 3 is 2.74 bits per heavy atom. The van der Waals surface area contributed by atoms with E-state index in [1.807, 2.05) is 19.9 Å². The molecule has 0 spiro atoms. The number of nitrogens with one attached hydrogen (secondary N) is 1. The third-order valence-electron chi connectivity index (χ3n) is 3.78. The zero-order valence-electron chi connectivity index (χ0n) is 15.9. The highest BCUT2D eigenvalue weighted by atomic mass is 31.2. The Morgan fingerprint density at radius 1 is 1.37 bits per heavy atom. The predicted octanol–water partition coefficient (Wildman–Crippen LogP) is 5.42. The molecule has 0 saturated carbocycles. The number of aryl methyl sites for hydroxylation is 1. The molecule has 0 amide bonds. The highest BCUT2D eigenvalue weighted by Gasteiger charge is 2.32. The van der Waals surface area contributed by atoms with Gasteiger partial charge in [0.2, 0.25) is 0 Å². The van der Waals surface area contributed by atoms with Gasteiger partial charge in [-0.25, -0.2) is 4.57 Å². The predicted molar refractivity (Wildman–Crippen MR) is 105 cm³/mol. The lowest BCUT2D eigenvalue weighted by Gasteiger charge is -2.22. The van der Waals surface area contributed by atoms with Gasteiger partial charge in [0.1, 0.15) is 5.75 Å². The molecule has 0 fully saturated rings. The van der Waals surface area contributed by atoms with E-state index < -0.39 is 7.60 Å². The highest BCUT2D eigenvalue weighted by molar-refractivity contribution is 7.58. The maximum Gasteiger partial charge on any atom is 0.427 e. The summed E-state index contributed by atoms with van der Waals surface area (Å²) in [5, 5.41) is 10.5. The second kappa shape index (κ2) is 9.44. The second-order valence-electron chi connectivity index (χ2n) is 5.77. The van der Waals surface area contributed by atoms with Crippen LogP contribution in [0.15, 0.2) is 48.0 Å². The minimum absolute atomic E-state index is 0.00824. The number of benzene rings is 1. The van der Waals surface area contributed by atoms with Crippen LogP contribution in [0.2, 0.25) is 0 Å². The van der Waals surface area contributed by atoms with Crippen LogP contribution in [-0.4, -0.2) is 17.2 Å². The van der Waals surface area contributed by atoms with Crippen molar-refractivity contribution in [3.63, 3.8) is 0 Å². The number of nitrogens with zero attached hydrogens (tertiary/aromatic N) is 1. The number of ether oxygens (including phenoxy) is 1. The van der Waals surface area contributed by atoms with E-state index >= 15 is 0 Å². The van der Waals surface area contributed by atoms with Gasteiger partial charge in [-0.3, -0.25) is 10.5 Å². The summed E-state index contributed by atoms with van der Waals surface area (Å²) in [6, 6.07) is 6.52. The van der Waals surface area contributed by atoms with E-state index in [9.17, 15) is 9.67 Å². The average Bonchev–Trinajstić information content (AvgIpc) is 2.68. The van der Waals surface area contributed by atoms with Crippen LogP contribution in [0.3, 0.4) is 0 Å². The van der Waals surface area contributed by atoms with Crippen LogP contribution < -0.4 is 14.7 Å². The SMILES string of the molecule is CC/C=C(\CC)P(=O)(ONc1cccnc1)Oc1cc(C)c(O)c(OC)c1. The molecule has 1 aromatic heterocycles. The summed E-state index contributed by atoms with van der Waals surface area (Å²) >= 11 is 0. The molecular weight excluding hydrogens is 367 g/mol. The lowest BCUT2D eigenvalue weighted by Crippen LogP contribution is -2.07. The Labute approximate surface area is 159 Å². The Morgan fingerprint density at radius 2 is 2.15 bits per heavy atom. The average molecular weight is 392 g/mol. The first kappa shape index (κ1) is 20.8. The molecule has 0 aliphatic heterocycles. The van der Waals surface area contributed by atoms with Crippen molar-refractivity contribution in [3.8, 4) is 17.2 Å². The zero-order valence-corrected chi connectivity index (χ0v) is 16.8. The Hall–Kier alpha value is -2.50. The summed E-state index contributed by atoms with van der Waals surface area (Å²) in [4.78, 5) is 3.98. The van der Waals surface area contributed by atoms with E-state index in [0.717, 1.165) is 0 Å². The monoisotopic (exact) mass is 392 g/mol. The molecule has 0 bridgehead atoms. The molecule has 1 heterocycles. The molecule has 146 valence electrons. The van der Waals surface area contributed by atoms with Crippen molar-refractivity contribution in [3.05, 3.63) is 53.6 Å². The van der Waals surface area contributed by atoms with Crippen LogP contribution >= 0.6 is 7.60 Å². The van der Waals surface area contributed by atoms with Crippen LogP contribution in [0.1, 0.15) is 32.3 Å². The maximum absolute atomic E-state index is 13.6. The number of hydrogen-bond donors (Lipinski definition) is 2. The molecule has 7 nitrogen and oxygen atoms in total. The molecule has 0 aliphatic carbocycles. The van der Waals surface area contributed by atoms with E-state index in [2.05, 4.69) is 10.5 Å². The number of aromatic hydroxyl groups is 1. The molecule has 2 rings (SSSR count). The van der Waals surface area contributed by atoms with Crippen LogP contribution in [0.4, 0.5) is 5.69 Å². The summed E-state index contributed by atoms with van der Waals surface area (Å²) in [6.07, 6.45) is 6.18. The summed E-state index contributed by atoms with van der Waals surface area (Å²) < 4.78 is 30.1. The first-order valence-corrected chi connectivity index (χ1v) is 10.2. The molecule has 1 aromatic carbocycles. The normalized spacial score (nSPS) is 13.7. The van der Waals surface area contributed by atoms with Crippen molar-refractivity contribution in [2.45, 2.75) is 33.6 Å². The van der Waals surface area contributed by atoms with Crippen molar-refractivity contribution < 1.29 is 23.6 Å². The number of rotatable bonds is 9. The third kappa shape index (κ3) is 5.25. The second-order valence-corrected chi connectivity index (χ2v) is 7.71. The smallest absolute Gasteiger partial charge is 0.427 e. The lowest BCUT2D eigenvalue weighted by atomic mass is 10.2. The molecule has 8 heteroatoms. The first-order valence-electron chi connectivity index (χ1n) is 8.65. The van der Waals surface area contributed by atoms with Gasteiger partial charge in [-0.1, -0.05) is 19.9 Å². The van der Waals surface area contributed by atoms with Gasteiger partial charge < -0.3 is 14.4 Å². The maximum atomic E-state index is 13.6. The minimum Gasteiger partial charge on any atom is -0.504 e. The van der Waals surface area contributed by atoms with Crippen molar-refractivity contribution >= 4 is 13.3 Å². The molecule has 1 unspecified atom stereocenters. The van der Waals surface area contributed by atoms with Gasteiger partial charge in [0.25, 0.3) is 0 Å². The summed E-state index contributed by atoms with van der Waals surface area (Å²) in [5.74, 6) is 0.511. The number of anilines is 1. The Balaban J connectivity index is 2.36. The standard InChI is InChI=1S/C19H25N2O5P/c1-5-8-17(6-2)27(23,26-21-15-9-7-10-20-13-15)25-16-11-14(3)19(22)18(12-16)24-4/h7-13,21-22H,5-6H2,1-4H3/b17-8+. The largest absolute Gasteiger partial charge is 0.504 e. The fraction of sp³-hybridized carbons (Fsp3) is 0.316. The molecule has 0 radical (unpaired) electrons. The molecular formula is C19H25N2O5P. The van der Waals surface area contributed by atoms with E-state index in [1.54, 1.807) is 37.5 Å². The quantitative estimate of drug-likeness (QED) is 0.435. The summed E-state index contributed by atoms with van der Waals surface area (Å²) in [6.45, 7) is 5.53. The van der Waals surface area contributed by atoms with Crippen molar-refractivity contribution in [2.75, 3.05) is 12.6 Å². The highest BCUT2D eigenvalue weighted by Crippen LogP contribution is 2.57. The Kier molecular flexibility index (Phi) is 7.28. The van der Waals surface area contributed by atoms with Gasteiger partial charge >= 0.3 is 7.60 Å². The Bertz CT molecular complexity index is 839. The van der Waals surface area contributed by atoms with Crippen molar-refractivity contribution in [2.24, 2.45) is 0 Å². The van der Waals surface area contributed by atoms with Crippen LogP contribution in [-0.2, 0) is 9.19 Å². The van der Waals surface area contributed by atoms with Crippen molar-refractivity contribution in [1.82, 2.24) is 4.98 Å². The molecule has 27 heavy (non-hydrogen) atoms. The number of allylic oxidation sites excluding steroid dienone is 2. The van der Waals surface area contributed by atoms with E-state index in [0.29, 0.717) is 29.4 Å². The zero-order chi connectivity index (χ0) is 19.9. The van der Waals surface area contributed by atoms with Crippen molar-refractivity contribution in [1.29, 1.82) is 0 Å². The van der Waals surface area contributed by atoms with Crippen LogP contribution in [0, 0.1) is 6.92 Å². The van der Waals surface area contributed by atoms with Crippen LogP contribution in [0.25, 0.3) is 0 Å². The number of methoxy groups -OCH3 is 1. The first-order chi connectivity index (χ1) is 12.9. The van der Waals surface area contributed by atoms with Crippen LogP contribution in [0.5, 0.6) is 17.2 Å². The number of aromatic nitrogens is 1. The summed E-state index contributed by atoms with van der Waals surface area (Å²) in [5.41, 5.74) is 3.75. The van der Waals surface area contributed by atoms with Gasteiger partial charge in [0.05, 0.1) is 24.3 Å².